The van der Waals surface area contributed by atoms with Gasteiger partial charge in [0, 0.05) is 11.8 Å². The number of nitrogens with one attached hydrogen (secondary N) is 2. The smallest absolute Gasteiger partial charge is 0.255 e. The second kappa shape index (κ2) is 7.92. The summed E-state index contributed by atoms with van der Waals surface area (Å²) < 4.78 is 5.13. The average Bonchev–Trinajstić information content (AvgIpc) is 2.68. The number of amides is 1. The van der Waals surface area contributed by atoms with E-state index in [9.17, 15) is 4.79 Å². The molecular weight excluding hydrogens is 316 g/mol. The van der Waals surface area contributed by atoms with Crippen molar-refractivity contribution >= 4 is 17.4 Å². The van der Waals surface area contributed by atoms with Crippen LogP contribution in [-0.4, -0.2) is 23.0 Å². The van der Waals surface area contributed by atoms with E-state index in [-0.39, 0.29) is 5.91 Å². The molecule has 0 aliphatic heterocycles. The van der Waals surface area contributed by atoms with Crippen LogP contribution in [0.1, 0.15) is 16.1 Å². The predicted molar refractivity (Wildman–Crippen MR) is 96.7 cm³/mol. The molecule has 1 amide bonds. The van der Waals surface area contributed by atoms with Crippen LogP contribution in [0.25, 0.3) is 0 Å². The van der Waals surface area contributed by atoms with Crippen LogP contribution in [0.5, 0.6) is 5.75 Å². The molecule has 1 aromatic carbocycles. The van der Waals surface area contributed by atoms with Crippen molar-refractivity contribution in [3.8, 4) is 5.75 Å². The first-order valence-corrected chi connectivity index (χ1v) is 7.80. The summed E-state index contributed by atoms with van der Waals surface area (Å²) in [5.41, 5.74) is 2.08. The van der Waals surface area contributed by atoms with E-state index in [0.29, 0.717) is 29.4 Å². The molecule has 0 saturated heterocycles. The van der Waals surface area contributed by atoms with Gasteiger partial charge in [-0.05, 0) is 42.5 Å². The van der Waals surface area contributed by atoms with E-state index in [1.165, 1.54) is 0 Å². The first-order chi connectivity index (χ1) is 12.2. The molecule has 2 heterocycles. The van der Waals surface area contributed by atoms with E-state index in [0.717, 1.165) is 5.69 Å². The molecule has 6 nitrogen and oxygen atoms in total. The molecular formula is C19H18N4O2. The SMILES string of the molecule is COc1cccc(C(=O)Nc2ccc(NCc3ccccn3)nc2)c1. The number of anilines is 2. The fraction of sp³-hybridized carbons (Fsp3) is 0.105. The van der Waals surface area contributed by atoms with E-state index in [2.05, 4.69) is 20.6 Å². The highest BCUT2D eigenvalue weighted by atomic mass is 16.5. The van der Waals surface area contributed by atoms with Gasteiger partial charge in [-0.15, -0.1) is 0 Å². The summed E-state index contributed by atoms with van der Waals surface area (Å²) in [4.78, 5) is 20.8. The Morgan fingerprint density at radius 2 is 2.00 bits per heavy atom. The highest BCUT2D eigenvalue weighted by Crippen LogP contribution is 2.15. The third-order valence-electron chi connectivity index (χ3n) is 3.53. The summed E-state index contributed by atoms with van der Waals surface area (Å²) in [6, 6.07) is 16.3. The highest BCUT2D eigenvalue weighted by molar-refractivity contribution is 6.04. The van der Waals surface area contributed by atoms with Crippen molar-refractivity contribution in [3.05, 3.63) is 78.2 Å². The van der Waals surface area contributed by atoms with Crippen molar-refractivity contribution in [2.24, 2.45) is 0 Å². The van der Waals surface area contributed by atoms with Crippen LogP contribution in [0.4, 0.5) is 11.5 Å². The summed E-state index contributed by atoms with van der Waals surface area (Å²) in [5.74, 6) is 1.14. The number of hydrogen-bond donors (Lipinski definition) is 2. The Morgan fingerprint density at radius 1 is 1.08 bits per heavy atom. The number of pyridine rings is 2. The number of hydrogen-bond acceptors (Lipinski definition) is 5. The lowest BCUT2D eigenvalue weighted by Crippen LogP contribution is -2.12. The lowest BCUT2D eigenvalue weighted by atomic mass is 10.2. The molecule has 0 aliphatic carbocycles. The maximum atomic E-state index is 12.3. The molecule has 25 heavy (non-hydrogen) atoms. The van der Waals surface area contributed by atoms with Crippen molar-refractivity contribution in [1.29, 1.82) is 0 Å². The molecule has 126 valence electrons. The zero-order chi connectivity index (χ0) is 17.5. The van der Waals surface area contributed by atoms with Crippen molar-refractivity contribution in [3.63, 3.8) is 0 Å². The molecule has 0 fully saturated rings. The van der Waals surface area contributed by atoms with E-state index in [1.807, 2.05) is 24.3 Å². The van der Waals surface area contributed by atoms with Gasteiger partial charge in [0.2, 0.25) is 0 Å². The molecule has 3 aromatic rings. The van der Waals surface area contributed by atoms with Gasteiger partial charge in [-0.3, -0.25) is 9.78 Å². The molecule has 0 unspecified atom stereocenters. The van der Waals surface area contributed by atoms with Gasteiger partial charge in [0.15, 0.2) is 0 Å². The first-order valence-electron chi connectivity index (χ1n) is 7.80. The summed E-state index contributed by atoms with van der Waals surface area (Å²) in [6.07, 6.45) is 3.36. The van der Waals surface area contributed by atoms with Gasteiger partial charge in [-0.1, -0.05) is 12.1 Å². The predicted octanol–water partition coefficient (Wildman–Crippen LogP) is 3.35. The number of rotatable bonds is 6. The number of nitrogens with zero attached hydrogens (tertiary/aromatic N) is 2. The lowest BCUT2D eigenvalue weighted by Gasteiger charge is -2.08. The zero-order valence-electron chi connectivity index (χ0n) is 13.8. The monoisotopic (exact) mass is 334 g/mol. The second-order valence-corrected chi connectivity index (χ2v) is 5.29. The minimum absolute atomic E-state index is 0.213. The molecule has 0 saturated carbocycles. The standard InChI is InChI=1S/C19H18N4O2/c1-25-17-7-4-5-14(11-17)19(24)23-16-8-9-18(22-13-16)21-12-15-6-2-3-10-20-15/h2-11,13H,12H2,1H3,(H,21,22)(H,23,24). The van der Waals surface area contributed by atoms with Gasteiger partial charge in [0.05, 0.1) is 31.2 Å². The molecule has 2 N–H and O–H groups in total. The van der Waals surface area contributed by atoms with Crippen LogP contribution < -0.4 is 15.4 Å². The Bertz CT molecular complexity index is 836. The third-order valence-corrected chi connectivity index (χ3v) is 3.53. The quantitative estimate of drug-likeness (QED) is 0.723. The van der Waals surface area contributed by atoms with Crippen LogP contribution in [0.2, 0.25) is 0 Å². The van der Waals surface area contributed by atoms with E-state index in [4.69, 9.17) is 4.74 Å². The fourth-order valence-electron chi connectivity index (χ4n) is 2.22. The number of ether oxygens (including phenoxy) is 1. The Morgan fingerprint density at radius 3 is 2.72 bits per heavy atom. The summed E-state index contributed by atoms with van der Waals surface area (Å²) in [7, 11) is 1.57. The molecule has 0 atom stereocenters. The van der Waals surface area contributed by atoms with Crippen molar-refractivity contribution < 1.29 is 9.53 Å². The van der Waals surface area contributed by atoms with Gasteiger partial charge >= 0.3 is 0 Å². The van der Waals surface area contributed by atoms with E-state index in [1.54, 1.807) is 49.8 Å². The molecule has 3 rings (SSSR count). The Hall–Kier alpha value is -3.41. The first kappa shape index (κ1) is 16.4. The number of aromatic nitrogens is 2. The van der Waals surface area contributed by atoms with Crippen molar-refractivity contribution in [2.75, 3.05) is 17.7 Å². The highest BCUT2D eigenvalue weighted by Gasteiger charge is 2.07. The maximum Gasteiger partial charge on any atom is 0.255 e. The Labute approximate surface area is 145 Å². The molecule has 0 aliphatic rings. The van der Waals surface area contributed by atoms with Crippen LogP contribution in [0.3, 0.4) is 0 Å². The Balaban J connectivity index is 1.59. The van der Waals surface area contributed by atoms with Crippen LogP contribution in [0, 0.1) is 0 Å². The normalized spacial score (nSPS) is 10.1. The van der Waals surface area contributed by atoms with Crippen molar-refractivity contribution in [1.82, 2.24) is 9.97 Å². The van der Waals surface area contributed by atoms with Gasteiger partial charge in [-0.25, -0.2) is 4.98 Å². The van der Waals surface area contributed by atoms with Gasteiger partial charge in [0.25, 0.3) is 5.91 Å². The molecule has 6 heteroatoms. The van der Waals surface area contributed by atoms with E-state index >= 15 is 0 Å². The lowest BCUT2D eigenvalue weighted by molar-refractivity contribution is 0.102. The average molecular weight is 334 g/mol. The topological polar surface area (TPSA) is 76.1 Å². The van der Waals surface area contributed by atoms with Crippen LogP contribution >= 0.6 is 0 Å². The molecule has 0 bridgehead atoms. The number of methoxy groups -OCH3 is 1. The molecule has 0 spiro atoms. The molecule has 2 aromatic heterocycles. The van der Waals surface area contributed by atoms with Gasteiger partial charge in [-0.2, -0.15) is 0 Å². The Kier molecular flexibility index (Phi) is 5.21. The third kappa shape index (κ3) is 4.54. The largest absolute Gasteiger partial charge is 0.497 e. The maximum absolute atomic E-state index is 12.3. The minimum atomic E-state index is -0.213. The number of benzene rings is 1. The summed E-state index contributed by atoms with van der Waals surface area (Å²) >= 11 is 0. The van der Waals surface area contributed by atoms with Crippen molar-refractivity contribution in [2.45, 2.75) is 6.54 Å². The minimum Gasteiger partial charge on any atom is -0.497 e. The number of carbonyl (C=O) groups excluding carboxylic acids is 1. The van der Waals surface area contributed by atoms with Gasteiger partial charge < -0.3 is 15.4 Å². The second-order valence-electron chi connectivity index (χ2n) is 5.29. The van der Waals surface area contributed by atoms with Crippen LogP contribution in [0.15, 0.2) is 67.0 Å². The summed E-state index contributed by atoms with van der Waals surface area (Å²) in [6.45, 7) is 0.587. The van der Waals surface area contributed by atoms with E-state index < -0.39 is 0 Å². The summed E-state index contributed by atoms with van der Waals surface area (Å²) in [5, 5.41) is 6.00. The van der Waals surface area contributed by atoms with Crippen LogP contribution in [-0.2, 0) is 6.54 Å². The number of carbonyl (C=O) groups is 1. The molecule has 0 radical (unpaired) electrons. The fourth-order valence-corrected chi connectivity index (χ4v) is 2.22. The van der Waals surface area contributed by atoms with Gasteiger partial charge in [0.1, 0.15) is 11.6 Å². The zero-order valence-corrected chi connectivity index (χ0v) is 13.8.